The van der Waals surface area contributed by atoms with E-state index in [2.05, 4.69) is 15.6 Å². The van der Waals surface area contributed by atoms with Crippen LogP contribution < -0.4 is 22.1 Å². The summed E-state index contributed by atoms with van der Waals surface area (Å²) in [4.78, 5) is 57.5. The third-order valence-electron chi connectivity index (χ3n) is 6.69. The lowest BCUT2D eigenvalue weighted by Crippen LogP contribution is -2.63. The second-order valence-corrected chi connectivity index (χ2v) is 9.82. The second-order valence-electron chi connectivity index (χ2n) is 9.82. The Labute approximate surface area is 227 Å². The van der Waals surface area contributed by atoms with E-state index in [0.717, 1.165) is 5.56 Å². The number of guanidine groups is 1. The molecular weight excluding hydrogens is 500 g/mol. The van der Waals surface area contributed by atoms with Gasteiger partial charge in [0.1, 0.15) is 17.6 Å². The molecule has 0 spiro atoms. The monoisotopic (exact) mass is 536 g/mol. The molecule has 3 amide bonds. The van der Waals surface area contributed by atoms with Gasteiger partial charge < -0.3 is 32.1 Å². The summed E-state index contributed by atoms with van der Waals surface area (Å²) in [5.41, 5.74) is 10.4. The molecule has 1 aliphatic rings. The van der Waals surface area contributed by atoms with Crippen LogP contribution in [0.25, 0.3) is 0 Å². The summed E-state index contributed by atoms with van der Waals surface area (Å²) in [6.45, 7) is 2.20. The highest BCUT2D eigenvalue weighted by atomic mass is 16.4. The molecule has 3 atom stereocenters. The van der Waals surface area contributed by atoms with Crippen molar-refractivity contribution in [2.75, 3.05) is 13.1 Å². The smallest absolute Gasteiger partial charge is 0.326 e. The summed E-state index contributed by atoms with van der Waals surface area (Å²) >= 11 is 0. The molecule has 208 valence electrons. The van der Waals surface area contributed by atoms with Crippen molar-refractivity contribution < 1.29 is 24.3 Å². The molecule has 2 aromatic carbocycles. The summed E-state index contributed by atoms with van der Waals surface area (Å²) in [6, 6.07) is 15.9. The first-order valence-corrected chi connectivity index (χ1v) is 12.9. The van der Waals surface area contributed by atoms with Gasteiger partial charge in [0.15, 0.2) is 5.96 Å². The van der Waals surface area contributed by atoms with Crippen LogP contribution in [-0.2, 0) is 20.8 Å². The largest absolute Gasteiger partial charge is 0.480 e. The van der Waals surface area contributed by atoms with E-state index in [-0.39, 0.29) is 31.3 Å². The van der Waals surface area contributed by atoms with Crippen molar-refractivity contribution in [3.63, 3.8) is 0 Å². The molecule has 1 fully saturated rings. The maximum absolute atomic E-state index is 13.6. The number of carbonyl (C=O) groups is 4. The highest BCUT2D eigenvalue weighted by Crippen LogP contribution is 2.23. The van der Waals surface area contributed by atoms with E-state index >= 15 is 0 Å². The van der Waals surface area contributed by atoms with E-state index in [4.69, 9.17) is 11.5 Å². The number of nitrogens with two attached hydrogens (primary N) is 2. The number of likely N-dealkylation sites (tertiary alicyclic amines) is 1. The average molecular weight is 537 g/mol. The van der Waals surface area contributed by atoms with Gasteiger partial charge in [-0.1, -0.05) is 48.5 Å². The van der Waals surface area contributed by atoms with Gasteiger partial charge in [0.25, 0.3) is 5.91 Å². The fourth-order valence-corrected chi connectivity index (χ4v) is 4.65. The lowest BCUT2D eigenvalue weighted by Gasteiger charge is -2.34. The maximum atomic E-state index is 13.6. The van der Waals surface area contributed by atoms with Gasteiger partial charge in [-0.2, -0.15) is 0 Å². The summed E-state index contributed by atoms with van der Waals surface area (Å²) in [6.07, 6.45) is 1.64. The van der Waals surface area contributed by atoms with E-state index in [1.807, 2.05) is 36.4 Å². The summed E-state index contributed by atoms with van der Waals surface area (Å²) in [5, 5.41) is 15.1. The quantitative estimate of drug-likeness (QED) is 0.153. The third kappa shape index (κ3) is 8.03. The van der Waals surface area contributed by atoms with Crippen LogP contribution in [0.2, 0.25) is 0 Å². The Balaban J connectivity index is 1.79. The number of nitrogens with one attached hydrogen (secondary N) is 2. The standard InChI is InChI=1S/C28H36N6O5/c1-28(18-19-10-4-2-5-11-19,26(39)32-21(25(37)38)14-8-16-31-27(29)30)33-23(35)22-15-9-17-34(22)24(36)20-12-6-3-7-13-20/h2-7,10-13,21-22H,8-9,14-18H2,1H3,(H,32,39)(H,33,35)(H,37,38)(H4,29,30,31)/t21-,22-,28?/m0/s1. The van der Waals surface area contributed by atoms with Crippen molar-refractivity contribution in [1.82, 2.24) is 15.5 Å². The van der Waals surface area contributed by atoms with Gasteiger partial charge in [0, 0.05) is 25.1 Å². The number of hydrogen-bond acceptors (Lipinski definition) is 5. The molecule has 1 aliphatic heterocycles. The van der Waals surface area contributed by atoms with Crippen LogP contribution >= 0.6 is 0 Å². The third-order valence-corrected chi connectivity index (χ3v) is 6.69. The Hall–Kier alpha value is -4.41. The average Bonchev–Trinajstić information content (AvgIpc) is 3.41. The minimum atomic E-state index is -1.49. The van der Waals surface area contributed by atoms with Crippen molar-refractivity contribution >= 4 is 29.7 Å². The molecule has 1 heterocycles. The maximum Gasteiger partial charge on any atom is 0.326 e. The number of aliphatic carboxylic acids is 1. The molecule has 0 bridgehead atoms. The number of aliphatic imine (C=N–C) groups is 1. The number of carboxylic acids is 1. The summed E-state index contributed by atoms with van der Waals surface area (Å²) < 4.78 is 0. The zero-order valence-electron chi connectivity index (χ0n) is 22.0. The Morgan fingerprint density at radius 3 is 2.33 bits per heavy atom. The highest BCUT2D eigenvalue weighted by Gasteiger charge is 2.42. The predicted molar refractivity (Wildman–Crippen MR) is 147 cm³/mol. The minimum absolute atomic E-state index is 0.0925. The van der Waals surface area contributed by atoms with E-state index in [1.165, 1.54) is 4.90 Å². The van der Waals surface area contributed by atoms with Crippen LogP contribution in [0.1, 0.15) is 48.5 Å². The number of benzene rings is 2. The highest BCUT2D eigenvalue weighted by molar-refractivity contribution is 5.99. The Morgan fingerprint density at radius 1 is 1.08 bits per heavy atom. The Bertz CT molecular complexity index is 1190. The van der Waals surface area contributed by atoms with Crippen molar-refractivity contribution in [3.8, 4) is 0 Å². The van der Waals surface area contributed by atoms with Crippen molar-refractivity contribution in [1.29, 1.82) is 0 Å². The molecule has 0 aromatic heterocycles. The summed E-state index contributed by atoms with van der Waals surface area (Å²) in [7, 11) is 0. The van der Waals surface area contributed by atoms with Gasteiger partial charge in [-0.25, -0.2) is 4.79 Å². The first-order chi connectivity index (χ1) is 18.6. The van der Waals surface area contributed by atoms with Gasteiger partial charge in [-0.05, 0) is 50.3 Å². The fourth-order valence-electron chi connectivity index (χ4n) is 4.65. The molecule has 39 heavy (non-hydrogen) atoms. The van der Waals surface area contributed by atoms with Gasteiger partial charge in [-0.3, -0.25) is 19.4 Å². The van der Waals surface area contributed by atoms with Gasteiger partial charge in [0.05, 0.1) is 0 Å². The van der Waals surface area contributed by atoms with Gasteiger partial charge >= 0.3 is 5.97 Å². The van der Waals surface area contributed by atoms with E-state index in [0.29, 0.717) is 31.4 Å². The molecule has 11 nitrogen and oxygen atoms in total. The first-order valence-electron chi connectivity index (χ1n) is 12.9. The fraction of sp³-hybridized carbons (Fsp3) is 0.393. The predicted octanol–water partition coefficient (Wildman–Crippen LogP) is 1.03. The number of carboxylic acid groups (broad SMARTS) is 1. The molecule has 7 N–H and O–H groups in total. The number of amides is 3. The lowest BCUT2D eigenvalue weighted by atomic mass is 9.90. The van der Waals surface area contributed by atoms with E-state index in [9.17, 15) is 24.3 Å². The van der Waals surface area contributed by atoms with Crippen LogP contribution in [-0.4, -0.2) is 70.4 Å². The lowest BCUT2D eigenvalue weighted by molar-refractivity contribution is -0.143. The molecule has 0 radical (unpaired) electrons. The topological polar surface area (TPSA) is 180 Å². The normalized spacial score (nSPS) is 16.9. The molecule has 11 heteroatoms. The SMILES string of the molecule is CC(Cc1ccccc1)(NC(=O)[C@@H]1CCCN1C(=O)c1ccccc1)C(=O)N[C@@H](CCCN=C(N)N)C(=O)O. The number of rotatable bonds is 12. The first kappa shape index (κ1) is 29.2. The van der Waals surface area contributed by atoms with Crippen LogP contribution in [0.15, 0.2) is 65.7 Å². The molecule has 0 aliphatic carbocycles. The summed E-state index contributed by atoms with van der Waals surface area (Å²) in [5.74, 6) is -2.68. The number of hydrogen-bond donors (Lipinski definition) is 5. The van der Waals surface area contributed by atoms with Crippen LogP contribution in [0.4, 0.5) is 0 Å². The minimum Gasteiger partial charge on any atom is -0.480 e. The van der Waals surface area contributed by atoms with Crippen LogP contribution in [0.5, 0.6) is 0 Å². The molecule has 1 saturated heterocycles. The number of carbonyl (C=O) groups excluding carboxylic acids is 3. The Morgan fingerprint density at radius 2 is 1.72 bits per heavy atom. The zero-order chi connectivity index (χ0) is 28.4. The van der Waals surface area contributed by atoms with Crippen LogP contribution in [0, 0.1) is 0 Å². The molecular formula is C28H36N6O5. The van der Waals surface area contributed by atoms with Crippen LogP contribution in [0.3, 0.4) is 0 Å². The van der Waals surface area contributed by atoms with Crippen molar-refractivity contribution in [3.05, 3.63) is 71.8 Å². The second kappa shape index (κ2) is 13.4. The van der Waals surface area contributed by atoms with Gasteiger partial charge in [0.2, 0.25) is 11.8 Å². The number of nitrogens with zero attached hydrogens (tertiary/aromatic N) is 2. The van der Waals surface area contributed by atoms with Crippen molar-refractivity contribution in [2.45, 2.75) is 56.7 Å². The van der Waals surface area contributed by atoms with Gasteiger partial charge in [-0.15, -0.1) is 0 Å². The van der Waals surface area contributed by atoms with Crippen molar-refractivity contribution in [2.24, 2.45) is 16.5 Å². The Kier molecular flexibility index (Phi) is 10.0. The molecule has 2 aromatic rings. The molecule has 3 rings (SSSR count). The van der Waals surface area contributed by atoms with E-state index in [1.54, 1.807) is 31.2 Å². The molecule has 1 unspecified atom stereocenters. The zero-order valence-corrected chi connectivity index (χ0v) is 22.0. The molecule has 0 saturated carbocycles. The van der Waals surface area contributed by atoms with E-state index < -0.39 is 35.4 Å².